The first kappa shape index (κ1) is 13.3. The molecular formula is C10H16N2O2S2. The maximum absolute atomic E-state index is 11.3. The highest BCUT2D eigenvalue weighted by molar-refractivity contribution is 8.68. The summed E-state index contributed by atoms with van der Waals surface area (Å²) in [7, 11) is 3.16. The number of nitrogens with zero attached hydrogens (tertiary/aromatic N) is 1. The summed E-state index contributed by atoms with van der Waals surface area (Å²) in [6.07, 6.45) is 1.71. The second-order valence-electron chi connectivity index (χ2n) is 3.75. The van der Waals surface area contributed by atoms with Gasteiger partial charge >= 0.3 is 0 Å². The molecule has 0 saturated carbocycles. The molecule has 4 nitrogen and oxygen atoms in total. The van der Waals surface area contributed by atoms with Gasteiger partial charge in [0.15, 0.2) is 11.5 Å². The first-order valence-corrected chi connectivity index (χ1v) is 6.93. The molecule has 6 heteroatoms. The molecule has 0 amide bonds. The summed E-state index contributed by atoms with van der Waals surface area (Å²) in [5.74, 6) is 0.683. The predicted octanol–water partition coefficient (Wildman–Crippen LogP) is 2.31. The van der Waals surface area contributed by atoms with Crippen molar-refractivity contribution >= 4 is 33.9 Å². The first-order chi connectivity index (χ1) is 7.47. The molecule has 90 valence electrons. The van der Waals surface area contributed by atoms with Crippen LogP contribution in [-0.2, 0) is 7.05 Å². The average Bonchev–Trinajstić information content (AvgIpc) is 2.42. The van der Waals surface area contributed by atoms with Gasteiger partial charge in [0.25, 0.3) is 0 Å². The zero-order chi connectivity index (χ0) is 12.3. The van der Waals surface area contributed by atoms with Crippen LogP contribution < -0.4 is 5.32 Å². The van der Waals surface area contributed by atoms with E-state index in [0.29, 0.717) is 11.4 Å². The smallest absolute Gasteiger partial charge is 0.180 e. The van der Waals surface area contributed by atoms with Crippen LogP contribution in [0.5, 0.6) is 5.75 Å². The first-order valence-electron chi connectivity index (χ1n) is 4.89. The number of aromatic hydroxyl groups is 1. The van der Waals surface area contributed by atoms with Crippen molar-refractivity contribution in [1.29, 1.82) is 0 Å². The van der Waals surface area contributed by atoms with Crippen molar-refractivity contribution in [2.24, 2.45) is 7.05 Å². The number of hydrogen-bond acceptors (Lipinski definition) is 5. The maximum atomic E-state index is 11.3. The lowest BCUT2D eigenvalue weighted by Crippen LogP contribution is -2.16. The van der Waals surface area contributed by atoms with Gasteiger partial charge in [-0.05, 0) is 6.92 Å². The fourth-order valence-electron chi connectivity index (χ4n) is 1.55. The molecule has 1 rings (SSSR count). The maximum Gasteiger partial charge on any atom is 0.180 e. The number of Topliss-reactive ketones (excluding diaryl/α,β-unsaturated/α-hetero) is 1. The molecule has 0 aliphatic carbocycles. The second kappa shape index (κ2) is 5.54. The monoisotopic (exact) mass is 260 g/mol. The van der Waals surface area contributed by atoms with Crippen LogP contribution in [0.3, 0.4) is 0 Å². The van der Waals surface area contributed by atoms with E-state index in [-0.39, 0.29) is 17.6 Å². The van der Waals surface area contributed by atoms with E-state index >= 15 is 0 Å². The molecule has 0 aromatic carbocycles. The summed E-state index contributed by atoms with van der Waals surface area (Å²) < 4.78 is 1.63. The van der Waals surface area contributed by atoms with Crippen LogP contribution in [0.2, 0.25) is 0 Å². The SMILES string of the molecule is CC(=O)c1c(O)c(NC(C)CSS)cn1C. The molecule has 0 spiro atoms. The number of ketones is 1. The summed E-state index contributed by atoms with van der Waals surface area (Å²) >= 11 is 4.07. The van der Waals surface area contributed by atoms with Crippen molar-refractivity contribution in [2.75, 3.05) is 11.1 Å². The van der Waals surface area contributed by atoms with Crippen LogP contribution >= 0.6 is 22.5 Å². The zero-order valence-electron chi connectivity index (χ0n) is 9.52. The Morgan fingerprint density at radius 3 is 2.81 bits per heavy atom. The summed E-state index contributed by atoms with van der Waals surface area (Å²) in [4.78, 5) is 11.3. The predicted molar refractivity (Wildman–Crippen MR) is 71.6 cm³/mol. The Bertz CT molecular complexity index is 390. The molecule has 1 aromatic heterocycles. The number of carbonyl (C=O) groups excluding carboxylic acids is 1. The van der Waals surface area contributed by atoms with Crippen LogP contribution in [0.25, 0.3) is 0 Å². The van der Waals surface area contributed by atoms with Gasteiger partial charge in [-0.1, -0.05) is 10.8 Å². The number of thiol groups is 1. The zero-order valence-corrected chi connectivity index (χ0v) is 11.2. The third-order valence-corrected chi connectivity index (χ3v) is 3.31. The fraction of sp³-hybridized carbons (Fsp3) is 0.500. The van der Waals surface area contributed by atoms with Crippen molar-refractivity contribution in [1.82, 2.24) is 4.57 Å². The topological polar surface area (TPSA) is 54.3 Å². The van der Waals surface area contributed by atoms with Gasteiger partial charge in [0.2, 0.25) is 0 Å². The minimum atomic E-state index is -0.149. The Balaban J connectivity index is 2.90. The van der Waals surface area contributed by atoms with Crippen LogP contribution in [0.4, 0.5) is 5.69 Å². The summed E-state index contributed by atoms with van der Waals surface area (Å²) in [5.41, 5.74) is 0.913. The van der Waals surface area contributed by atoms with Crippen LogP contribution in [-0.4, -0.2) is 27.3 Å². The van der Waals surface area contributed by atoms with Gasteiger partial charge < -0.3 is 15.0 Å². The number of hydrogen-bond donors (Lipinski definition) is 3. The van der Waals surface area contributed by atoms with Gasteiger partial charge in [-0.2, -0.15) is 0 Å². The highest BCUT2D eigenvalue weighted by atomic mass is 33.1. The number of nitrogens with one attached hydrogen (secondary N) is 1. The lowest BCUT2D eigenvalue weighted by atomic mass is 10.2. The molecule has 2 N–H and O–H groups in total. The lowest BCUT2D eigenvalue weighted by Gasteiger charge is -2.12. The van der Waals surface area contributed by atoms with E-state index in [9.17, 15) is 9.90 Å². The average molecular weight is 260 g/mol. The quantitative estimate of drug-likeness (QED) is 0.432. The number of anilines is 1. The molecule has 1 atom stereocenters. The summed E-state index contributed by atoms with van der Waals surface area (Å²) in [5, 5.41) is 13.0. The highest BCUT2D eigenvalue weighted by Crippen LogP contribution is 2.30. The molecule has 0 fully saturated rings. The second-order valence-corrected chi connectivity index (χ2v) is 5.11. The van der Waals surface area contributed by atoms with Gasteiger partial charge in [0.1, 0.15) is 5.69 Å². The van der Waals surface area contributed by atoms with E-state index in [2.05, 4.69) is 17.0 Å². The molecule has 1 aromatic rings. The standard InChI is InChI=1S/C10H16N2O2S2/c1-6(5-16-15)11-8-4-12(3)9(7(2)13)10(8)14/h4,6,11,14-15H,5H2,1-3H3. The molecular weight excluding hydrogens is 244 g/mol. The van der Waals surface area contributed by atoms with Gasteiger partial charge in [-0.25, -0.2) is 0 Å². The van der Waals surface area contributed by atoms with E-state index in [1.165, 1.54) is 17.7 Å². The number of aryl methyl sites for hydroxylation is 1. The Labute approximate surface area is 104 Å². The van der Waals surface area contributed by atoms with Crippen LogP contribution in [0, 0.1) is 0 Å². The van der Waals surface area contributed by atoms with E-state index in [1.807, 2.05) is 6.92 Å². The van der Waals surface area contributed by atoms with Crippen molar-refractivity contribution in [3.05, 3.63) is 11.9 Å². The molecule has 0 aliphatic heterocycles. The Morgan fingerprint density at radius 2 is 2.38 bits per heavy atom. The number of carbonyl (C=O) groups is 1. The molecule has 1 heterocycles. The number of rotatable bonds is 5. The normalized spacial score (nSPS) is 12.5. The fourth-order valence-corrected chi connectivity index (χ4v) is 2.53. The third-order valence-electron chi connectivity index (χ3n) is 2.21. The third kappa shape index (κ3) is 2.89. The molecule has 16 heavy (non-hydrogen) atoms. The van der Waals surface area contributed by atoms with Gasteiger partial charge in [0.05, 0.1) is 5.69 Å². The Morgan fingerprint density at radius 1 is 1.75 bits per heavy atom. The number of aromatic nitrogens is 1. The molecule has 0 saturated heterocycles. The van der Waals surface area contributed by atoms with Crippen molar-refractivity contribution in [3.8, 4) is 5.75 Å². The summed E-state index contributed by atoms with van der Waals surface area (Å²) in [6, 6.07) is 0.176. The highest BCUT2D eigenvalue weighted by Gasteiger charge is 2.17. The minimum Gasteiger partial charge on any atom is -0.504 e. The van der Waals surface area contributed by atoms with Crippen molar-refractivity contribution in [3.63, 3.8) is 0 Å². The van der Waals surface area contributed by atoms with Gasteiger partial charge in [0, 0.05) is 32.0 Å². The van der Waals surface area contributed by atoms with Gasteiger partial charge in [-0.15, -0.1) is 11.7 Å². The van der Waals surface area contributed by atoms with E-state index in [4.69, 9.17) is 0 Å². The van der Waals surface area contributed by atoms with Crippen molar-refractivity contribution < 1.29 is 9.90 Å². The van der Waals surface area contributed by atoms with Crippen LogP contribution in [0.15, 0.2) is 6.20 Å². The Hall–Kier alpha value is -0.750. The van der Waals surface area contributed by atoms with E-state index in [0.717, 1.165) is 5.75 Å². The van der Waals surface area contributed by atoms with E-state index < -0.39 is 0 Å². The molecule has 0 bridgehead atoms. The molecule has 1 unspecified atom stereocenters. The van der Waals surface area contributed by atoms with Crippen molar-refractivity contribution in [2.45, 2.75) is 19.9 Å². The Kier molecular flexibility index (Phi) is 4.61. The largest absolute Gasteiger partial charge is 0.504 e. The molecule has 0 radical (unpaired) electrons. The summed E-state index contributed by atoms with van der Waals surface area (Å²) in [6.45, 7) is 3.43. The minimum absolute atomic E-state index is 0.0195. The lowest BCUT2D eigenvalue weighted by molar-refractivity contribution is 0.100. The van der Waals surface area contributed by atoms with Gasteiger partial charge in [-0.3, -0.25) is 4.79 Å². The van der Waals surface area contributed by atoms with E-state index in [1.54, 1.807) is 17.8 Å². The van der Waals surface area contributed by atoms with Crippen LogP contribution in [0.1, 0.15) is 24.3 Å². The molecule has 0 aliphatic rings.